The molecule has 3 amide bonds. The van der Waals surface area contributed by atoms with Crippen LogP contribution < -0.4 is 16.0 Å². The van der Waals surface area contributed by atoms with Crippen molar-refractivity contribution in [3.05, 3.63) is 54.4 Å². The van der Waals surface area contributed by atoms with E-state index in [4.69, 9.17) is 9.31 Å². The van der Waals surface area contributed by atoms with Crippen molar-refractivity contribution >= 4 is 40.0 Å². The van der Waals surface area contributed by atoms with Crippen molar-refractivity contribution in [3.8, 4) is 11.1 Å². The smallest absolute Gasteiger partial charge is 0.408 e. The Bertz CT molecular complexity index is 1490. The van der Waals surface area contributed by atoms with Gasteiger partial charge in [0.15, 0.2) is 0 Å². The first kappa shape index (κ1) is 41.4. The maximum absolute atomic E-state index is 13.5. The van der Waals surface area contributed by atoms with Crippen LogP contribution in [-0.4, -0.2) is 116 Å². The molecule has 1 saturated heterocycles. The lowest BCUT2D eigenvalue weighted by atomic mass is 9.73. The summed E-state index contributed by atoms with van der Waals surface area (Å²) in [4.78, 5) is 81.7. The Labute approximate surface area is 291 Å². The van der Waals surface area contributed by atoms with Gasteiger partial charge in [0.25, 0.3) is 5.91 Å². The number of aliphatic hydroxyl groups is 1. The van der Waals surface area contributed by atoms with E-state index in [9.17, 15) is 48.2 Å². The highest BCUT2D eigenvalue weighted by molar-refractivity contribution is 7.70. The number of nitrogens with one attached hydrogen (secondary N) is 3. The highest BCUT2D eigenvalue weighted by Crippen LogP contribution is 2.58. The minimum absolute atomic E-state index is 0.114. The molecular weight excluding hydrogens is 695 g/mol. The Morgan fingerprint density at radius 1 is 0.920 bits per heavy atom. The van der Waals surface area contributed by atoms with Crippen molar-refractivity contribution in [2.75, 3.05) is 32.8 Å². The molecule has 1 aliphatic heterocycles. The van der Waals surface area contributed by atoms with Gasteiger partial charge < -0.3 is 49.9 Å². The molecule has 0 saturated carbocycles. The van der Waals surface area contributed by atoms with E-state index in [1.807, 2.05) is 49.1 Å². The van der Waals surface area contributed by atoms with Crippen LogP contribution in [0.4, 0.5) is 0 Å². The predicted octanol–water partition coefficient (Wildman–Crippen LogP) is 0.670. The van der Waals surface area contributed by atoms with Crippen LogP contribution in [0.1, 0.15) is 50.4 Å². The molecule has 17 nitrogen and oxygen atoms in total. The number of amides is 3. The molecule has 0 bridgehead atoms. The summed E-state index contributed by atoms with van der Waals surface area (Å²) in [5, 5.41) is 17.7. The van der Waals surface area contributed by atoms with Gasteiger partial charge in [-0.25, -0.2) is 0 Å². The molecule has 1 aliphatic rings. The van der Waals surface area contributed by atoms with Gasteiger partial charge in [-0.2, -0.15) is 0 Å². The average Bonchev–Trinajstić information content (AvgIpc) is 3.02. The van der Waals surface area contributed by atoms with Gasteiger partial charge in [0.2, 0.25) is 17.3 Å². The molecule has 0 spiro atoms. The van der Waals surface area contributed by atoms with Gasteiger partial charge in [0.1, 0.15) is 6.04 Å². The number of aliphatic hydroxyl groups excluding tert-OH is 1. The molecule has 3 atom stereocenters. The van der Waals surface area contributed by atoms with Crippen molar-refractivity contribution in [3.63, 3.8) is 0 Å². The lowest BCUT2D eigenvalue weighted by Gasteiger charge is -2.32. The number of nitrogens with zero attached hydrogens (tertiary/aromatic N) is 2. The van der Waals surface area contributed by atoms with E-state index >= 15 is 0 Å². The van der Waals surface area contributed by atoms with E-state index in [2.05, 4.69) is 15.6 Å². The topological polar surface area (TPSA) is 257 Å². The van der Waals surface area contributed by atoms with Crippen molar-refractivity contribution in [1.82, 2.24) is 25.8 Å². The minimum atomic E-state index is -5.29. The Morgan fingerprint density at radius 2 is 1.54 bits per heavy atom. The molecule has 8 N–H and O–H groups in total. The second-order valence-electron chi connectivity index (χ2n) is 12.4. The van der Waals surface area contributed by atoms with E-state index in [-0.39, 0.29) is 37.5 Å². The molecule has 20 heteroatoms. The largest absolute Gasteiger partial charge is 0.480 e. The maximum atomic E-state index is 13.5. The number of rotatable bonds is 16. The summed E-state index contributed by atoms with van der Waals surface area (Å²) in [7, 11) is -11.4. The van der Waals surface area contributed by atoms with E-state index in [0.29, 0.717) is 31.6 Å². The Hall–Kier alpha value is -3.02. The quantitative estimate of drug-likeness (QED) is 0.0870. The molecule has 3 rings (SSSR count). The normalized spacial score (nSPS) is 16.6. The van der Waals surface area contributed by atoms with Gasteiger partial charge in [0, 0.05) is 50.7 Å². The van der Waals surface area contributed by atoms with Gasteiger partial charge >= 0.3 is 22.3 Å². The number of hydrogen-bond acceptors (Lipinski definition) is 10. The summed E-state index contributed by atoms with van der Waals surface area (Å²) >= 11 is 0. The van der Waals surface area contributed by atoms with Gasteiger partial charge in [-0.1, -0.05) is 44.2 Å². The first-order valence-electron chi connectivity index (χ1n) is 16.1. The molecule has 1 fully saturated rings. The Morgan fingerprint density at radius 3 is 2.10 bits per heavy atom. The predicted molar refractivity (Wildman–Crippen MR) is 183 cm³/mol. The fourth-order valence-corrected chi connectivity index (χ4v) is 7.45. The van der Waals surface area contributed by atoms with Crippen molar-refractivity contribution in [2.45, 2.75) is 63.6 Å². The number of carbonyl (C=O) groups is 3. The standard InChI is InChI=1S/C30H46BN5O12P2/c1-20(2)16-25(31-47-14-12-36(13-15-48-31)11-7-10-26(38)34-30(49(41,42)43)50(44,45)46)33-29(40)27(21(3)37)35-28(39)24-17-23(18-32-19-24)22-8-5-4-6-9-22/h4-6,8-9,17-21,25,27,30,37H,7,10-16H2,1-3H3,(H,33,40)(H,34,38)(H,35,39)(H2,41,42,43)(H2,44,45,46)/t21-,25+,27?/m1/s1. The third-order valence-electron chi connectivity index (χ3n) is 7.73. The Balaban J connectivity index is 1.56. The van der Waals surface area contributed by atoms with Crippen LogP contribution in [0.5, 0.6) is 0 Å². The summed E-state index contributed by atoms with van der Waals surface area (Å²) in [6.45, 7) is 6.87. The van der Waals surface area contributed by atoms with Gasteiger partial charge in [-0.3, -0.25) is 33.4 Å². The van der Waals surface area contributed by atoms with Crippen LogP contribution in [0.2, 0.25) is 0 Å². The highest BCUT2D eigenvalue weighted by Gasteiger charge is 2.44. The van der Waals surface area contributed by atoms with Crippen LogP contribution in [-0.2, 0) is 28.0 Å². The second-order valence-corrected chi connectivity index (χ2v) is 16.2. The van der Waals surface area contributed by atoms with Crippen LogP contribution in [0.3, 0.4) is 0 Å². The van der Waals surface area contributed by atoms with Gasteiger partial charge in [-0.05, 0) is 43.9 Å². The number of pyridine rings is 1. The zero-order valence-corrected chi connectivity index (χ0v) is 29.9. The molecule has 0 aliphatic carbocycles. The van der Waals surface area contributed by atoms with Crippen LogP contribution in [0.15, 0.2) is 48.8 Å². The number of carbonyl (C=O) groups excluding carboxylic acids is 3. The summed E-state index contributed by atoms with van der Waals surface area (Å²) in [6.07, 6.45) is 2.20. The minimum Gasteiger partial charge on any atom is -0.408 e. The van der Waals surface area contributed by atoms with Gasteiger partial charge in [-0.15, -0.1) is 0 Å². The maximum Gasteiger partial charge on any atom is 0.480 e. The summed E-state index contributed by atoms with van der Waals surface area (Å²) < 4.78 is 34.8. The summed E-state index contributed by atoms with van der Waals surface area (Å²) in [6, 6.07) is 9.73. The fourth-order valence-electron chi connectivity index (χ4n) is 5.26. The van der Waals surface area contributed by atoms with Crippen LogP contribution in [0, 0.1) is 5.92 Å². The summed E-state index contributed by atoms with van der Waals surface area (Å²) in [5.74, 6) is -2.65. The van der Waals surface area contributed by atoms with E-state index in [1.54, 1.807) is 17.6 Å². The molecule has 1 aromatic heterocycles. The lowest BCUT2D eigenvalue weighted by Crippen LogP contribution is -2.59. The SMILES string of the molecule is CC(C)C[C@H](NC(=O)C(NC(=O)c1cncc(-c2ccccc2)c1)[C@@H](C)O)B1OCCN(CCCC(=O)NC(P(=O)(O)O)P(=O)(O)O)CCO1. The van der Waals surface area contributed by atoms with Crippen LogP contribution in [0.25, 0.3) is 11.1 Å². The van der Waals surface area contributed by atoms with Crippen molar-refractivity contribution < 1.29 is 57.5 Å². The zero-order chi connectivity index (χ0) is 37.1. The molecule has 0 radical (unpaired) electrons. The van der Waals surface area contributed by atoms with Crippen LogP contribution >= 0.6 is 15.2 Å². The number of aromatic nitrogens is 1. The van der Waals surface area contributed by atoms with E-state index in [1.165, 1.54) is 13.1 Å². The monoisotopic (exact) mass is 741 g/mol. The molecule has 1 aromatic carbocycles. The third-order valence-corrected chi connectivity index (χ3v) is 11.1. The number of hydrogen-bond donors (Lipinski definition) is 8. The third kappa shape index (κ3) is 13.3. The average molecular weight is 741 g/mol. The fraction of sp³-hybridized carbons (Fsp3) is 0.533. The zero-order valence-electron chi connectivity index (χ0n) is 28.1. The number of benzene rings is 1. The molecule has 2 heterocycles. The van der Waals surface area contributed by atoms with E-state index in [0.717, 1.165) is 5.56 Å². The molecule has 276 valence electrons. The first-order valence-corrected chi connectivity index (χ1v) is 19.5. The van der Waals surface area contributed by atoms with Gasteiger partial charge in [0.05, 0.1) is 17.6 Å². The summed E-state index contributed by atoms with van der Waals surface area (Å²) in [5.41, 5.74) is -0.818. The molecular formula is C30H46BN5O12P2. The molecule has 2 aromatic rings. The second kappa shape index (κ2) is 19.0. The molecule has 1 unspecified atom stereocenters. The lowest BCUT2D eigenvalue weighted by molar-refractivity contribution is -0.126. The highest BCUT2D eigenvalue weighted by atomic mass is 31.2. The molecule has 50 heavy (non-hydrogen) atoms. The van der Waals surface area contributed by atoms with Crippen molar-refractivity contribution in [2.24, 2.45) is 5.92 Å². The Kier molecular flexibility index (Phi) is 15.7. The van der Waals surface area contributed by atoms with E-state index < -0.39 is 63.6 Å². The van der Waals surface area contributed by atoms with Crippen molar-refractivity contribution in [1.29, 1.82) is 0 Å². The first-order chi connectivity index (χ1) is 23.5.